The lowest BCUT2D eigenvalue weighted by atomic mass is 9.72. The fourth-order valence-corrected chi connectivity index (χ4v) is 5.08. The van der Waals surface area contributed by atoms with Gasteiger partial charge in [0, 0.05) is 35.2 Å². The molecule has 0 bridgehead atoms. The molecule has 2 aromatic carbocycles. The molecule has 162 valence electrons. The van der Waals surface area contributed by atoms with E-state index in [4.69, 9.17) is 10.5 Å². The molecule has 8 heteroatoms. The molecular weight excluding hydrogens is 420 g/mol. The third-order valence-corrected chi connectivity index (χ3v) is 6.70. The van der Waals surface area contributed by atoms with Crippen molar-refractivity contribution >= 4 is 17.7 Å². The number of amides is 1. The van der Waals surface area contributed by atoms with Crippen LogP contribution in [-0.2, 0) is 22.0 Å². The van der Waals surface area contributed by atoms with Crippen molar-refractivity contribution in [2.75, 3.05) is 6.61 Å². The first-order valence-corrected chi connectivity index (χ1v) is 10.8. The summed E-state index contributed by atoms with van der Waals surface area (Å²) in [7, 11) is 1.75. The van der Waals surface area contributed by atoms with Gasteiger partial charge in [0.15, 0.2) is 0 Å². The molecule has 1 saturated heterocycles. The number of carbonyl (C=O) groups is 1. The van der Waals surface area contributed by atoms with E-state index in [9.17, 15) is 13.6 Å². The summed E-state index contributed by atoms with van der Waals surface area (Å²) >= 11 is 1.23. The maximum Gasteiger partial charge on any atom is 0.228 e. The summed E-state index contributed by atoms with van der Waals surface area (Å²) in [5.41, 5.74) is 6.42. The molecule has 4 rings (SSSR count). The Balaban J connectivity index is 1.66. The molecule has 1 aliphatic heterocycles. The first kappa shape index (κ1) is 21.5. The van der Waals surface area contributed by atoms with Crippen LogP contribution in [-0.4, -0.2) is 28.4 Å². The standard InChI is InChI=1S/C23H23F2N3O2S/c1-14-13-23(22(26)29,6-8-30-14)15-9-16(24)11-18(10-15)31-17-3-4-19(20(25)12-17)21-5-7-27-28(21)2/h3-5,7,9-12,14H,6,8,13H2,1-2H3,(H2,26,29)/t14-,23+/m0/s1. The number of primary amides is 1. The fraction of sp³-hybridized carbons (Fsp3) is 0.304. The van der Waals surface area contributed by atoms with E-state index >= 15 is 0 Å². The number of rotatable bonds is 5. The highest BCUT2D eigenvalue weighted by atomic mass is 32.2. The number of hydrogen-bond donors (Lipinski definition) is 1. The van der Waals surface area contributed by atoms with Gasteiger partial charge in [0.05, 0.1) is 17.2 Å². The van der Waals surface area contributed by atoms with Crippen molar-refractivity contribution in [1.82, 2.24) is 9.78 Å². The summed E-state index contributed by atoms with van der Waals surface area (Å²) < 4.78 is 36.4. The Labute approximate surface area is 183 Å². The zero-order valence-corrected chi connectivity index (χ0v) is 18.1. The van der Waals surface area contributed by atoms with Gasteiger partial charge in [-0.3, -0.25) is 9.48 Å². The number of ether oxygens (including phenoxy) is 1. The van der Waals surface area contributed by atoms with Crippen LogP contribution < -0.4 is 5.73 Å². The molecule has 1 amide bonds. The van der Waals surface area contributed by atoms with Gasteiger partial charge in [0.1, 0.15) is 11.6 Å². The molecule has 31 heavy (non-hydrogen) atoms. The van der Waals surface area contributed by atoms with Crippen molar-refractivity contribution in [3.05, 3.63) is 65.9 Å². The Morgan fingerprint density at radius 3 is 2.68 bits per heavy atom. The molecule has 3 aromatic rings. The van der Waals surface area contributed by atoms with Crippen LogP contribution in [0.3, 0.4) is 0 Å². The summed E-state index contributed by atoms with van der Waals surface area (Å²) in [4.78, 5) is 13.6. The third kappa shape index (κ3) is 4.22. The van der Waals surface area contributed by atoms with E-state index in [2.05, 4.69) is 5.10 Å². The van der Waals surface area contributed by atoms with E-state index in [0.717, 1.165) is 0 Å². The molecule has 5 nitrogen and oxygen atoms in total. The number of halogens is 2. The summed E-state index contributed by atoms with van der Waals surface area (Å²) in [5.74, 6) is -1.35. The van der Waals surface area contributed by atoms with Gasteiger partial charge in [-0.25, -0.2) is 8.78 Å². The summed E-state index contributed by atoms with van der Waals surface area (Å²) in [6, 6.07) is 11.1. The van der Waals surface area contributed by atoms with Gasteiger partial charge in [-0.05, 0) is 67.8 Å². The van der Waals surface area contributed by atoms with Crippen LogP contribution >= 0.6 is 11.8 Å². The second-order valence-corrected chi connectivity index (χ2v) is 8.99. The second-order valence-electron chi connectivity index (χ2n) is 7.84. The lowest BCUT2D eigenvalue weighted by molar-refractivity contribution is -0.129. The normalized spacial score (nSPS) is 21.2. The van der Waals surface area contributed by atoms with E-state index in [1.807, 2.05) is 6.92 Å². The molecule has 0 spiro atoms. The fourth-order valence-electron chi connectivity index (χ4n) is 4.15. The first-order chi connectivity index (χ1) is 14.8. The minimum atomic E-state index is -0.982. The number of nitrogens with two attached hydrogens (primary N) is 1. The molecule has 2 atom stereocenters. The minimum Gasteiger partial charge on any atom is -0.378 e. The van der Waals surface area contributed by atoms with E-state index in [0.29, 0.717) is 46.1 Å². The Hall–Kier alpha value is -2.71. The number of aromatic nitrogens is 2. The quantitative estimate of drug-likeness (QED) is 0.633. The van der Waals surface area contributed by atoms with Crippen molar-refractivity contribution in [3.63, 3.8) is 0 Å². The van der Waals surface area contributed by atoms with Gasteiger partial charge in [-0.1, -0.05) is 11.8 Å². The smallest absolute Gasteiger partial charge is 0.228 e. The van der Waals surface area contributed by atoms with Crippen LogP contribution in [0, 0.1) is 11.6 Å². The Morgan fingerprint density at radius 1 is 1.23 bits per heavy atom. The Kier molecular flexibility index (Phi) is 5.85. The molecule has 1 aromatic heterocycles. The van der Waals surface area contributed by atoms with Gasteiger partial charge in [0.25, 0.3) is 0 Å². The van der Waals surface area contributed by atoms with Crippen LogP contribution in [0.5, 0.6) is 0 Å². The van der Waals surface area contributed by atoms with Gasteiger partial charge < -0.3 is 10.5 Å². The van der Waals surface area contributed by atoms with Crippen molar-refractivity contribution in [1.29, 1.82) is 0 Å². The van der Waals surface area contributed by atoms with Crippen molar-refractivity contribution in [2.45, 2.75) is 41.1 Å². The minimum absolute atomic E-state index is 0.158. The van der Waals surface area contributed by atoms with Crippen molar-refractivity contribution < 1.29 is 18.3 Å². The topological polar surface area (TPSA) is 70.1 Å². The number of benzene rings is 2. The summed E-state index contributed by atoms with van der Waals surface area (Å²) in [6.45, 7) is 2.25. The summed E-state index contributed by atoms with van der Waals surface area (Å²) in [6.07, 6.45) is 2.24. The molecule has 2 N–H and O–H groups in total. The van der Waals surface area contributed by atoms with Gasteiger partial charge in [0.2, 0.25) is 5.91 Å². The Morgan fingerprint density at radius 2 is 2.03 bits per heavy atom. The monoisotopic (exact) mass is 443 g/mol. The molecule has 0 saturated carbocycles. The zero-order chi connectivity index (χ0) is 22.2. The van der Waals surface area contributed by atoms with Crippen LogP contribution in [0.15, 0.2) is 58.5 Å². The SMILES string of the molecule is C[C@H]1C[C@@](C(N)=O)(c2cc(F)cc(Sc3ccc(-c4ccnn4C)c(F)c3)c2)CCO1. The zero-order valence-electron chi connectivity index (χ0n) is 17.3. The lowest BCUT2D eigenvalue weighted by Crippen LogP contribution is -2.47. The van der Waals surface area contributed by atoms with Crippen LogP contribution in [0.2, 0.25) is 0 Å². The van der Waals surface area contributed by atoms with E-state index < -0.39 is 23.0 Å². The highest BCUT2D eigenvalue weighted by molar-refractivity contribution is 7.99. The average molecular weight is 444 g/mol. The molecule has 1 aliphatic rings. The Bertz CT molecular complexity index is 1130. The average Bonchev–Trinajstić information content (AvgIpc) is 3.13. The number of hydrogen-bond acceptors (Lipinski definition) is 4. The predicted molar refractivity (Wildman–Crippen MR) is 115 cm³/mol. The molecule has 0 unspecified atom stereocenters. The van der Waals surface area contributed by atoms with Crippen molar-refractivity contribution in [3.8, 4) is 11.3 Å². The van der Waals surface area contributed by atoms with Crippen LogP contribution in [0.4, 0.5) is 8.78 Å². The lowest BCUT2D eigenvalue weighted by Gasteiger charge is -2.38. The largest absolute Gasteiger partial charge is 0.378 e. The predicted octanol–water partition coefficient (Wildman–Crippen LogP) is 4.44. The molecule has 0 aliphatic carbocycles. The van der Waals surface area contributed by atoms with Crippen molar-refractivity contribution in [2.24, 2.45) is 12.8 Å². The van der Waals surface area contributed by atoms with Gasteiger partial charge >= 0.3 is 0 Å². The highest BCUT2D eigenvalue weighted by Crippen LogP contribution is 2.40. The van der Waals surface area contributed by atoms with E-state index in [1.54, 1.807) is 42.2 Å². The maximum absolute atomic E-state index is 14.8. The first-order valence-electron chi connectivity index (χ1n) is 9.97. The molecular formula is C23H23F2N3O2S. The molecule has 2 heterocycles. The molecule has 0 radical (unpaired) electrons. The number of aryl methyl sites for hydroxylation is 1. The van der Waals surface area contributed by atoms with Crippen LogP contribution in [0.1, 0.15) is 25.3 Å². The van der Waals surface area contributed by atoms with Crippen LogP contribution in [0.25, 0.3) is 11.3 Å². The third-order valence-electron chi connectivity index (χ3n) is 5.74. The molecule has 1 fully saturated rings. The van der Waals surface area contributed by atoms with E-state index in [1.165, 1.54) is 30.0 Å². The van der Waals surface area contributed by atoms with Gasteiger partial charge in [-0.2, -0.15) is 5.10 Å². The van der Waals surface area contributed by atoms with E-state index in [-0.39, 0.29) is 6.10 Å². The highest BCUT2D eigenvalue weighted by Gasteiger charge is 2.43. The maximum atomic E-state index is 14.8. The van der Waals surface area contributed by atoms with Gasteiger partial charge in [-0.15, -0.1) is 0 Å². The second kappa shape index (κ2) is 8.43. The summed E-state index contributed by atoms with van der Waals surface area (Å²) in [5, 5.41) is 4.07. The number of nitrogens with zero attached hydrogens (tertiary/aromatic N) is 2. The number of carbonyl (C=O) groups excluding carboxylic acids is 1.